The molecule has 2 aliphatic rings. The predicted octanol–water partition coefficient (Wildman–Crippen LogP) is 13.2. The van der Waals surface area contributed by atoms with E-state index < -0.39 is 0 Å². The Bertz CT molecular complexity index is 2950. The van der Waals surface area contributed by atoms with Gasteiger partial charge in [-0.2, -0.15) is 0 Å². The van der Waals surface area contributed by atoms with Gasteiger partial charge in [-0.05, 0) is 148 Å². The van der Waals surface area contributed by atoms with E-state index in [4.69, 9.17) is 28.9 Å². The van der Waals surface area contributed by atoms with Crippen molar-refractivity contribution in [1.82, 2.24) is 19.9 Å². The molecule has 0 fully saturated rings. The van der Waals surface area contributed by atoms with E-state index in [1.54, 1.807) is 28.4 Å². The molecule has 0 spiro atoms. The Morgan fingerprint density at radius 3 is 0.952 bits per heavy atom. The van der Waals surface area contributed by atoms with Crippen molar-refractivity contribution in [3.05, 3.63) is 141 Å². The van der Waals surface area contributed by atoms with Crippen molar-refractivity contribution in [1.29, 1.82) is 0 Å². The highest BCUT2D eigenvalue weighted by molar-refractivity contribution is 6.03. The molecule has 8 nitrogen and oxygen atoms in total. The topological polar surface area (TPSA) is 94.3 Å². The molecule has 0 atom stereocenters. The zero-order valence-corrected chi connectivity index (χ0v) is 36.9. The fraction of sp³-hybridized carbons (Fsp3) is 0.185. The van der Waals surface area contributed by atoms with Gasteiger partial charge in [0.05, 0.1) is 62.3 Å². The molecule has 0 amide bonds. The smallest absolute Gasteiger partial charge is 0.130 e. The highest BCUT2D eigenvalue weighted by Crippen LogP contribution is 2.47. The van der Waals surface area contributed by atoms with Gasteiger partial charge in [0.2, 0.25) is 0 Å². The Labute approximate surface area is 362 Å². The summed E-state index contributed by atoms with van der Waals surface area (Å²) in [7, 11) is 6.76. The number of fused-ring (bicyclic) bond motifs is 8. The minimum atomic E-state index is 0.657. The molecule has 7 aromatic rings. The van der Waals surface area contributed by atoms with Crippen LogP contribution in [0.2, 0.25) is 0 Å². The summed E-state index contributed by atoms with van der Waals surface area (Å²) in [6.45, 7) is 13.0. The molecule has 5 heterocycles. The van der Waals surface area contributed by atoms with Gasteiger partial charge in [0.15, 0.2) is 0 Å². The highest BCUT2D eigenvalue weighted by atomic mass is 16.5. The van der Waals surface area contributed by atoms with Crippen LogP contribution in [0.5, 0.6) is 23.0 Å². The molecule has 0 aliphatic carbocycles. The van der Waals surface area contributed by atoms with E-state index in [9.17, 15) is 0 Å². The second-order valence-electron chi connectivity index (χ2n) is 16.1. The van der Waals surface area contributed by atoms with Crippen LogP contribution in [0.4, 0.5) is 0 Å². The highest BCUT2D eigenvalue weighted by Gasteiger charge is 2.26. The lowest BCUT2D eigenvalue weighted by Crippen LogP contribution is -1.98. The van der Waals surface area contributed by atoms with E-state index in [0.717, 1.165) is 112 Å². The van der Waals surface area contributed by atoms with Crippen molar-refractivity contribution >= 4 is 46.4 Å². The summed E-state index contributed by atoms with van der Waals surface area (Å²) >= 11 is 0. The number of nitrogens with one attached hydrogen (secondary N) is 2. The second kappa shape index (κ2) is 15.9. The second-order valence-corrected chi connectivity index (χ2v) is 16.1. The minimum Gasteiger partial charge on any atom is -0.496 e. The summed E-state index contributed by atoms with van der Waals surface area (Å²) in [6.07, 6.45) is 8.38. The first-order valence-electron chi connectivity index (χ1n) is 20.8. The number of nitrogens with zero attached hydrogens (tertiary/aromatic N) is 2. The third kappa shape index (κ3) is 6.72. The molecule has 0 saturated carbocycles. The third-order valence-corrected chi connectivity index (χ3v) is 12.0. The molecule has 0 saturated heterocycles. The van der Waals surface area contributed by atoms with Gasteiger partial charge in [-0.1, -0.05) is 47.5 Å². The van der Waals surface area contributed by atoms with Crippen LogP contribution in [-0.2, 0) is 0 Å². The number of rotatable bonds is 8. The summed E-state index contributed by atoms with van der Waals surface area (Å²) in [5, 5.41) is 0. The van der Waals surface area contributed by atoms with Gasteiger partial charge in [-0.25, -0.2) is 9.97 Å². The van der Waals surface area contributed by atoms with Gasteiger partial charge in [0, 0.05) is 44.3 Å². The van der Waals surface area contributed by atoms with Gasteiger partial charge in [0.25, 0.3) is 0 Å². The Kier molecular flexibility index (Phi) is 10.3. The van der Waals surface area contributed by atoms with E-state index in [1.807, 2.05) is 36.4 Å². The van der Waals surface area contributed by atoms with Crippen LogP contribution in [-0.4, -0.2) is 48.4 Å². The monoisotopic (exact) mass is 818 g/mol. The first-order chi connectivity index (χ1) is 30.0. The maximum atomic E-state index is 6.08. The molecule has 310 valence electrons. The molecule has 2 aliphatic heterocycles. The summed E-state index contributed by atoms with van der Waals surface area (Å²) in [5.74, 6) is 2.68. The number of methoxy groups -OCH3 is 4. The summed E-state index contributed by atoms with van der Waals surface area (Å²) in [4.78, 5) is 18.9. The molecule has 3 aromatic heterocycles. The average molecular weight is 819 g/mol. The van der Waals surface area contributed by atoms with Gasteiger partial charge >= 0.3 is 0 Å². The quantitative estimate of drug-likeness (QED) is 0.159. The molecule has 0 radical (unpaired) electrons. The minimum absolute atomic E-state index is 0.657. The van der Waals surface area contributed by atoms with E-state index >= 15 is 0 Å². The lowest BCUT2D eigenvalue weighted by atomic mass is 9.92. The molecule has 8 heteroatoms. The summed E-state index contributed by atoms with van der Waals surface area (Å²) in [6, 6.07) is 29.3. The molecular formula is C54H50N4O4. The van der Waals surface area contributed by atoms with Crippen LogP contribution in [0.25, 0.3) is 90.9 Å². The van der Waals surface area contributed by atoms with Crippen LogP contribution in [0.15, 0.2) is 84.9 Å². The van der Waals surface area contributed by atoms with E-state index in [0.29, 0.717) is 23.0 Å². The van der Waals surface area contributed by atoms with Crippen LogP contribution in [0.1, 0.15) is 56.2 Å². The molecule has 4 aromatic carbocycles. The molecule has 62 heavy (non-hydrogen) atoms. The van der Waals surface area contributed by atoms with E-state index in [-0.39, 0.29) is 0 Å². The molecule has 8 bridgehead atoms. The number of ether oxygens (including phenoxy) is 4. The molecule has 0 unspecified atom stereocenters. The standard InChI is InChI=1S/C54H50N4O4/c1-29-25-31(3)47(32(4)26-29)49-35-17-21-39(55-35)51(53-43(59-7)13-11-14-44(53)60-8)41-23-19-37(57-41)50(48-33(5)27-30(2)28-34(48)6)38-20-24-42(58-38)52(40-22-18-36(49)56-40)54-45(61-9)15-12-16-46(54)62-10/h11-28,55,57H,1-10H3. The molecule has 9 rings (SSSR count). The zero-order chi connectivity index (χ0) is 43.4. The van der Waals surface area contributed by atoms with Crippen molar-refractivity contribution in [2.45, 2.75) is 41.5 Å². The van der Waals surface area contributed by atoms with Crippen LogP contribution in [0.3, 0.4) is 0 Å². The van der Waals surface area contributed by atoms with Crippen molar-refractivity contribution < 1.29 is 18.9 Å². The first kappa shape index (κ1) is 40.1. The maximum absolute atomic E-state index is 6.08. The van der Waals surface area contributed by atoms with E-state index in [1.165, 1.54) is 11.1 Å². The van der Waals surface area contributed by atoms with Crippen molar-refractivity contribution in [3.8, 4) is 67.5 Å². The zero-order valence-electron chi connectivity index (χ0n) is 36.9. The maximum Gasteiger partial charge on any atom is 0.130 e. The fourth-order valence-corrected chi connectivity index (χ4v) is 9.60. The number of aryl methyl sites for hydroxylation is 6. The van der Waals surface area contributed by atoms with Crippen molar-refractivity contribution in [2.75, 3.05) is 28.4 Å². The van der Waals surface area contributed by atoms with Crippen LogP contribution >= 0.6 is 0 Å². The van der Waals surface area contributed by atoms with Gasteiger partial charge < -0.3 is 28.9 Å². The van der Waals surface area contributed by atoms with Crippen LogP contribution in [0, 0.1) is 41.5 Å². The predicted molar refractivity (Wildman–Crippen MR) is 255 cm³/mol. The SMILES string of the molecule is COc1cccc(OC)c1-c1c2nc(c(-c3c(C)cc(C)cc3C)c3ccc([nH]3)c(-c3c(OC)cccc3OC)c3ccc([nH]3)c(-c3c(C)cc(C)cc3C)c3nc1C=C3)C=C2. The number of aromatic amines is 2. The Hall–Kier alpha value is -7.32. The number of hydrogen-bond acceptors (Lipinski definition) is 6. The van der Waals surface area contributed by atoms with Gasteiger partial charge in [-0.15, -0.1) is 0 Å². The lowest BCUT2D eigenvalue weighted by molar-refractivity contribution is 0.397. The Morgan fingerprint density at radius 2 is 0.629 bits per heavy atom. The average Bonchev–Trinajstić information content (AvgIpc) is 4.10. The van der Waals surface area contributed by atoms with Crippen LogP contribution < -0.4 is 18.9 Å². The number of H-pyrrole nitrogens is 2. The van der Waals surface area contributed by atoms with E-state index in [2.05, 4.69) is 124 Å². The first-order valence-corrected chi connectivity index (χ1v) is 20.8. The summed E-state index contributed by atoms with van der Waals surface area (Å²) in [5.41, 5.74) is 21.2. The van der Waals surface area contributed by atoms with Gasteiger partial charge in [0.1, 0.15) is 23.0 Å². The van der Waals surface area contributed by atoms with Crippen molar-refractivity contribution in [2.24, 2.45) is 0 Å². The Balaban J connectivity index is 1.55. The summed E-state index contributed by atoms with van der Waals surface area (Å²) < 4.78 is 24.3. The largest absolute Gasteiger partial charge is 0.496 e. The molecular weight excluding hydrogens is 769 g/mol. The lowest BCUT2D eigenvalue weighted by Gasteiger charge is -2.15. The Morgan fingerprint density at radius 1 is 0.339 bits per heavy atom. The van der Waals surface area contributed by atoms with Crippen molar-refractivity contribution in [3.63, 3.8) is 0 Å². The molecule has 2 N–H and O–H groups in total. The van der Waals surface area contributed by atoms with Gasteiger partial charge in [-0.3, -0.25) is 0 Å². The normalized spacial score (nSPS) is 11.9. The number of hydrogen-bond donors (Lipinski definition) is 2. The number of benzene rings is 4. The number of aromatic nitrogens is 4. The third-order valence-electron chi connectivity index (χ3n) is 12.0. The fourth-order valence-electron chi connectivity index (χ4n) is 9.60.